The van der Waals surface area contributed by atoms with Crippen LogP contribution in [-0.2, 0) is 9.59 Å². The lowest BCUT2D eigenvalue weighted by Gasteiger charge is -2.29. The standard InChI is InChI=1S/C13H26N2O2/c1-6-8-15(9-7-2)13(17)12(10(3)4)14-11(5)16/h10,12H,6-9H2,1-5H3,(H,14,16). The molecule has 0 bridgehead atoms. The van der Waals surface area contributed by atoms with Crippen LogP contribution in [0.4, 0.5) is 0 Å². The van der Waals surface area contributed by atoms with E-state index in [1.165, 1.54) is 6.92 Å². The number of nitrogens with one attached hydrogen (secondary N) is 1. The highest BCUT2D eigenvalue weighted by Gasteiger charge is 2.26. The van der Waals surface area contributed by atoms with Crippen LogP contribution in [0.15, 0.2) is 0 Å². The molecule has 0 heterocycles. The van der Waals surface area contributed by atoms with Gasteiger partial charge in [-0.2, -0.15) is 0 Å². The van der Waals surface area contributed by atoms with E-state index < -0.39 is 6.04 Å². The summed E-state index contributed by atoms with van der Waals surface area (Å²) in [5.41, 5.74) is 0. The van der Waals surface area contributed by atoms with Gasteiger partial charge in [0.15, 0.2) is 0 Å². The van der Waals surface area contributed by atoms with Crippen molar-refractivity contribution in [2.24, 2.45) is 5.92 Å². The van der Waals surface area contributed by atoms with E-state index in [1.807, 2.05) is 18.7 Å². The van der Waals surface area contributed by atoms with E-state index in [4.69, 9.17) is 0 Å². The number of carbonyl (C=O) groups excluding carboxylic acids is 2. The Hall–Kier alpha value is -1.06. The maximum atomic E-state index is 12.3. The number of hydrogen-bond donors (Lipinski definition) is 1. The summed E-state index contributed by atoms with van der Waals surface area (Å²) in [5, 5.41) is 2.75. The van der Waals surface area contributed by atoms with E-state index in [1.54, 1.807) is 0 Å². The zero-order chi connectivity index (χ0) is 13.4. The molecule has 1 N–H and O–H groups in total. The van der Waals surface area contributed by atoms with Gasteiger partial charge in [0.05, 0.1) is 0 Å². The first-order valence-corrected chi connectivity index (χ1v) is 6.49. The Kier molecular flexibility index (Phi) is 7.59. The lowest BCUT2D eigenvalue weighted by Crippen LogP contribution is -2.51. The minimum absolute atomic E-state index is 0.0406. The quantitative estimate of drug-likeness (QED) is 0.740. The first kappa shape index (κ1) is 15.9. The van der Waals surface area contributed by atoms with Crippen LogP contribution in [0.3, 0.4) is 0 Å². The molecule has 1 unspecified atom stereocenters. The van der Waals surface area contributed by atoms with Crippen molar-refractivity contribution in [2.45, 2.75) is 53.5 Å². The highest BCUT2D eigenvalue weighted by atomic mass is 16.2. The zero-order valence-corrected chi connectivity index (χ0v) is 11.7. The highest BCUT2D eigenvalue weighted by Crippen LogP contribution is 2.07. The molecule has 100 valence electrons. The number of amides is 2. The van der Waals surface area contributed by atoms with Crippen LogP contribution in [-0.4, -0.2) is 35.8 Å². The second-order valence-corrected chi connectivity index (χ2v) is 4.75. The van der Waals surface area contributed by atoms with Gasteiger partial charge in [0.1, 0.15) is 6.04 Å². The van der Waals surface area contributed by atoms with Crippen LogP contribution in [0.1, 0.15) is 47.5 Å². The van der Waals surface area contributed by atoms with E-state index in [9.17, 15) is 9.59 Å². The molecule has 0 rings (SSSR count). The number of rotatable bonds is 7. The third kappa shape index (κ3) is 5.71. The second kappa shape index (κ2) is 8.09. The van der Waals surface area contributed by atoms with E-state index >= 15 is 0 Å². The van der Waals surface area contributed by atoms with E-state index in [-0.39, 0.29) is 17.7 Å². The average Bonchev–Trinajstić information content (AvgIpc) is 2.24. The topological polar surface area (TPSA) is 49.4 Å². The molecule has 0 saturated heterocycles. The Labute approximate surface area is 105 Å². The summed E-state index contributed by atoms with van der Waals surface area (Å²) < 4.78 is 0. The van der Waals surface area contributed by atoms with Crippen LogP contribution >= 0.6 is 0 Å². The fraction of sp³-hybridized carbons (Fsp3) is 0.846. The van der Waals surface area contributed by atoms with Crippen molar-refractivity contribution in [3.63, 3.8) is 0 Å². The van der Waals surface area contributed by atoms with Crippen molar-refractivity contribution in [3.05, 3.63) is 0 Å². The summed E-state index contributed by atoms with van der Waals surface area (Å²) in [4.78, 5) is 25.3. The predicted molar refractivity (Wildman–Crippen MR) is 69.6 cm³/mol. The van der Waals surface area contributed by atoms with Gasteiger partial charge in [-0.25, -0.2) is 0 Å². The molecule has 4 heteroatoms. The summed E-state index contributed by atoms with van der Waals surface area (Å²) in [6.07, 6.45) is 1.88. The Morgan fingerprint density at radius 1 is 1.12 bits per heavy atom. The monoisotopic (exact) mass is 242 g/mol. The molecule has 4 nitrogen and oxygen atoms in total. The largest absolute Gasteiger partial charge is 0.344 e. The summed E-state index contributed by atoms with van der Waals surface area (Å²) in [7, 11) is 0. The fourth-order valence-corrected chi connectivity index (χ4v) is 1.80. The Balaban J connectivity index is 4.70. The molecule has 17 heavy (non-hydrogen) atoms. The molecule has 0 aliphatic heterocycles. The molecule has 0 aliphatic carbocycles. The van der Waals surface area contributed by atoms with Gasteiger partial charge < -0.3 is 10.2 Å². The minimum Gasteiger partial charge on any atom is -0.344 e. The summed E-state index contributed by atoms with van der Waals surface area (Å²) in [6, 6.07) is -0.398. The predicted octanol–water partition coefficient (Wildman–Crippen LogP) is 1.80. The number of carbonyl (C=O) groups is 2. The number of hydrogen-bond acceptors (Lipinski definition) is 2. The lowest BCUT2D eigenvalue weighted by molar-refractivity contribution is -0.137. The third-order valence-corrected chi connectivity index (χ3v) is 2.59. The molecule has 0 aliphatic rings. The van der Waals surface area contributed by atoms with Crippen molar-refractivity contribution in [1.29, 1.82) is 0 Å². The van der Waals surface area contributed by atoms with Crippen LogP contribution in [0, 0.1) is 5.92 Å². The van der Waals surface area contributed by atoms with E-state index in [0.717, 1.165) is 25.9 Å². The lowest BCUT2D eigenvalue weighted by atomic mass is 10.0. The van der Waals surface area contributed by atoms with Crippen LogP contribution in [0.25, 0.3) is 0 Å². The van der Waals surface area contributed by atoms with Gasteiger partial charge >= 0.3 is 0 Å². The molecule has 1 atom stereocenters. The SMILES string of the molecule is CCCN(CCC)C(=O)C(NC(C)=O)C(C)C. The molecule has 2 amide bonds. The third-order valence-electron chi connectivity index (χ3n) is 2.59. The molecular formula is C13H26N2O2. The van der Waals surface area contributed by atoms with Gasteiger partial charge in [-0.3, -0.25) is 9.59 Å². The first-order valence-electron chi connectivity index (χ1n) is 6.49. The van der Waals surface area contributed by atoms with Gasteiger partial charge in [0, 0.05) is 20.0 Å². The van der Waals surface area contributed by atoms with Crippen molar-refractivity contribution in [3.8, 4) is 0 Å². The smallest absolute Gasteiger partial charge is 0.245 e. The summed E-state index contributed by atoms with van der Waals surface area (Å²) >= 11 is 0. The molecule has 0 aromatic rings. The molecule has 0 radical (unpaired) electrons. The van der Waals surface area contributed by atoms with Gasteiger partial charge in [0.2, 0.25) is 11.8 Å². The van der Waals surface area contributed by atoms with Gasteiger partial charge in [-0.15, -0.1) is 0 Å². The Bertz CT molecular complexity index is 246. The van der Waals surface area contributed by atoms with Gasteiger partial charge in [-0.1, -0.05) is 27.7 Å². The van der Waals surface area contributed by atoms with Crippen molar-refractivity contribution >= 4 is 11.8 Å². The van der Waals surface area contributed by atoms with Crippen molar-refractivity contribution < 1.29 is 9.59 Å². The molecule has 0 saturated carbocycles. The Morgan fingerprint density at radius 2 is 1.59 bits per heavy atom. The molecule has 0 aromatic heterocycles. The molecule has 0 aromatic carbocycles. The van der Waals surface area contributed by atoms with Crippen LogP contribution < -0.4 is 5.32 Å². The maximum absolute atomic E-state index is 12.3. The normalized spacial score (nSPS) is 12.4. The van der Waals surface area contributed by atoms with Gasteiger partial charge in [0.25, 0.3) is 0 Å². The van der Waals surface area contributed by atoms with Gasteiger partial charge in [-0.05, 0) is 18.8 Å². The van der Waals surface area contributed by atoms with Crippen LogP contribution in [0.5, 0.6) is 0 Å². The molecule has 0 spiro atoms. The molecular weight excluding hydrogens is 216 g/mol. The minimum atomic E-state index is -0.398. The zero-order valence-electron chi connectivity index (χ0n) is 11.7. The molecule has 0 fully saturated rings. The summed E-state index contributed by atoms with van der Waals surface area (Å²) in [6.45, 7) is 11.0. The first-order chi connectivity index (χ1) is 7.93. The summed E-state index contributed by atoms with van der Waals surface area (Å²) in [5.74, 6) is 0.00603. The maximum Gasteiger partial charge on any atom is 0.245 e. The van der Waals surface area contributed by atoms with Crippen molar-refractivity contribution in [2.75, 3.05) is 13.1 Å². The number of nitrogens with zero attached hydrogens (tertiary/aromatic N) is 1. The van der Waals surface area contributed by atoms with Crippen molar-refractivity contribution in [1.82, 2.24) is 10.2 Å². The highest BCUT2D eigenvalue weighted by molar-refractivity contribution is 5.87. The second-order valence-electron chi connectivity index (χ2n) is 4.75. The Morgan fingerprint density at radius 3 is 1.88 bits per heavy atom. The van der Waals surface area contributed by atoms with Crippen LogP contribution in [0.2, 0.25) is 0 Å². The average molecular weight is 242 g/mol. The van der Waals surface area contributed by atoms with E-state index in [2.05, 4.69) is 19.2 Å². The van der Waals surface area contributed by atoms with E-state index in [0.29, 0.717) is 0 Å². The fourth-order valence-electron chi connectivity index (χ4n) is 1.80.